The predicted octanol–water partition coefficient (Wildman–Crippen LogP) is 1.49. The van der Waals surface area contributed by atoms with Crippen molar-refractivity contribution in [3.05, 3.63) is 0 Å². The summed E-state index contributed by atoms with van der Waals surface area (Å²) in [5, 5.41) is 8.58. The number of nitriles is 1. The lowest BCUT2D eigenvalue weighted by atomic mass is 10.2. The fraction of sp³-hybridized carbons (Fsp3) is 0.889. The smallest absolute Gasteiger partial charge is 0.0666 e. The molecule has 0 aromatic rings. The number of nitrogens with zero attached hydrogens (tertiary/aromatic N) is 2. The van der Waals surface area contributed by atoms with E-state index in [9.17, 15) is 0 Å². The van der Waals surface area contributed by atoms with Crippen molar-refractivity contribution in [1.82, 2.24) is 4.90 Å². The number of hydrogen-bond acceptors (Lipinski definition) is 2. The topological polar surface area (TPSA) is 27.0 Å². The summed E-state index contributed by atoms with van der Waals surface area (Å²) >= 11 is 0. The molecule has 1 aliphatic rings. The molecule has 62 valence electrons. The molecule has 0 aliphatic carbocycles. The largest absolute Gasteiger partial charge is 0.302 e. The minimum atomic E-state index is 0.195. The van der Waals surface area contributed by atoms with Gasteiger partial charge < -0.3 is 4.90 Å². The van der Waals surface area contributed by atoms with Crippen LogP contribution in [0.25, 0.3) is 0 Å². The van der Waals surface area contributed by atoms with Crippen molar-refractivity contribution in [2.45, 2.75) is 20.3 Å². The zero-order valence-corrected chi connectivity index (χ0v) is 7.38. The summed E-state index contributed by atoms with van der Waals surface area (Å²) < 4.78 is 0. The maximum atomic E-state index is 8.58. The average Bonchev–Trinajstić information content (AvgIpc) is 2.35. The molecule has 1 rings (SSSR count). The van der Waals surface area contributed by atoms with Crippen LogP contribution in [-0.2, 0) is 0 Å². The van der Waals surface area contributed by atoms with E-state index in [2.05, 4.69) is 17.9 Å². The van der Waals surface area contributed by atoms with Gasteiger partial charge >= 0.3 is 0 Å². The highest BCUT2D eigenvalue weighted by atomic mass is 15.1. The van der Waals surface area contributed by atoms with E-state index in [1.165, 1.54) is 19.5 Å². The zero-order chi connectivity index (χ0) is 8.27. The Kier molecular flexibility index (Phi) is 2.90. The minimum absolute atomic E-state index is 0.195. The van der Waals surface area contributed by atoms with Crippen LogP contribution in [0, 0.1) is 23.2 Å². The molecule has 1 fully saturated rings. The van der Waals surface area contributed by atoms with E-state index in [0.717, 1.165) is 12.5 Å². The molecule has 1 aliphatic heterocycles. The molecule has 0 spiro atoms. The van der Waals surface area contributed by atoms with Gasteiger partial charge in [-0.2, -0.15) is 5.26 Å². The van der Waals surface area contributed by atoms with Gasteiger partial charge in [-0.25, -0.2) is 0 Å². The summed E-state index contributed by atoms with van der Waals surface area (Å²) in [5.74, 6) is 1.03. The Morgan fingerprint density at radius 2 is 2.45 bits per heavy atom. The predicted molar refractivity (Wildman–Crippen MR) is 45.0 cm³/mol. The van der Waals surface area contributed by atoms with Crippen LogP contribution in [0.1, 0.15) is 20.3 Å². The normalized spacial score (nSPS) is 28.3. The first-order chi connectivity index (χ1) is 5.22. The molecule has 0 radical (unpaired) electrons. The van der Waals surface area contributed by atoms with Crippen LogP contribution in [-0.4, -0.2) is 24.5 Å². The summed E-state index contributed by atoms with van der Waals surface area (Å²) in [6, 6.07) is 2.26. The van der Waals surface area contributed by atoms with Gasteiger partial charge in [0.1, 0.15) is 0 Å². The fourth-order valence-electron chi connectivity index (χ4n) is 1.62. The third-order valence-corrected chi connectivity index (χ3v) is 2.26. The molecule has 0 bridgehead atoms. The lowest BCUT2D eigenvalue weighted by molar-refractivity contribution is 0.304. The summed E-state index contributed by atoms with van der Waals surface area (Å²) in [5.41, 5.74) is 0. The van der Waals surface area contributed by atoms with E-state index in [1.54, 1.807) is 0 Å². The lowest BCUT2D eigenvalue weighted by Crippen LogP contribution is -2.25. The quantitative estimate of drug-likeness (QED) is 0.599. The minimum Gasteiger partial charge on any atom is -0.302 e. The SMILES string of the molecule is CC(C#N)CN1CCC(C)C1. The van der Waals surface area contributed by atoms with Crippen LogP contribution in [0.4, 0.5) is 0 Å². The second kappa shape index (κ2) is 3.73. The highest BCUT2D eigenvalue weighted by Gasteiger charge is 2.19. The first-order valence-electron chi connectivity index (χ1n) is 4.34. The zero-order valence-electron chi connectivity index (χ0n) is 7.38. The van der Waals surface area contributed by atoms with Crippen LogP contribution in [0.3, 0.4) is 0 Å². The van der Waals surface area contributed by atoms with Crippen LogP contribution < -0.4 is 0 Å². The maximum absolute atomic E-state index is 8.58. The summed E-state index contributed by atoms with van der Waals surface area (Å²) in [6.07, 6.45) is 1.30. The van der Waals surface area contributed by atoms with Crippen molar-refractivity contribution in [3.8, 4) is 6.07 Å². The molecule has 2 atom stereocenters. The van der Waals surface area contributed by atoms with Gasteiger partial charge in [0.25, 0.3) is 0 Å². The fourth-order valence-corrected chi connectivity index (χ4v) is 1.62. The molecule has 1 heterocycles. The molecule has 2 heteroatoms. The number of hydrogen-bond donors (Lipinski definition) is 0. The van der Waals surface area contributed by atoms with E-state index < -0.39 is 0 Å². The van der Waals surface area contributed by atoms with E-state index in [0.29, 0.717) is 0 Å². The molecule has 1 saturated heterocycles. The Labute approximate surface area is 68.8 Å². The van der Waals surface area contributed by atoms with Gasteiger partial charge in [0.15, 0.2) is 0 Å². The van der Waals surface area contributed by atoms with Crippen molar-refractivity contribution in [1.29, 1.82) is 5.26 Å². The Bertz CT molecular complexity index is 159. The Morgan fingerprint density at radius 1 is 1.73 bits per heavy atom. The second-order valence-electron chi connectivity index (χ2n) is 3.68. The van der Waals surface area contributed by atoms with E-state index in [-0.39, 0.29) is 5.92 Å². The van der Waals surface area contributed by atoms with Crippen molar-refractivity contribution >= 4 is 0 Å². The molecular formula is C9H16N2. The van der Waals surface area contributed by atoms with E-state index in [4.69, 9.17) is 5.26 Å². The molecule has 0 N–H and O–H groups in total. The Balaban J connectivity index is 2.24. The Morgan fingerprint density at radius 3 is 2.91 bits per heavy atom. The summed E-state index contributed by atoms with van der Waals surface area (Å²) in [4.78, 5) is 2.39. The number of rotatable bonds is 2. The molecule has 0 aromatic carbocycles. The molecular weight excluding hydrogens is 136 g/mol. The van der Waals surface area contributed by atoms with Gasteiger partial charge in [-0.1, -0.05) is 6.92 Å². The van der Waals surface area contributed by atoms with Crippen molar-refractivity contribution < 1.29 is 0 Å². The van der Waals surface area contributed by atoms with Crippen molar-refractivity contribution in [2.24, 2.45) is 11.8 Å². The van der Waals surface area contributed by atoms with Crippen molar-refractivity contribution in [2.75, 3.05) is 19.6 Å². The first kappa shape index (κ1) is 8.55. The van der Waals surface area contributed by atoms with Crippen LogP contribution in [0.5, 0.6) is 0 Å². The second-order valence-corrected chi connectivity index (χ2v) is 3.68. The summed E-state index contributed by atoms with van der Waals surface area (Å²) in [7, 11) is 0. The average molecular weight is 152 g/mol. The standard InChI is InChI=1S/C9H16N2/c1-8-3-4-11(6-8)7-9(2)5-10/h8-9H,3-4,6-7H2,1-2H3. The van der Waals surface area contributed by atoms with E-state index in [1.807, 2.05) is 6.92 Å². The number of likely N-dealkylation sites (tertiary alicyclic amines) is 1. The lowest BCUT2D eigenvalue weighted by Gasteiger charge is -2.15. The highest BCUT2D eigenvalue weighted by molar-refractivity contribution is 4.83. The monoisotopic (exact) mass is 152 g/mol. The van der Waals surface area contributed by atoms with Gasteiger partial charge in [-0.05, 0) is 25.8 Å². The van der Waals surface area contributed by atoms with Gasteiger partial charge in [0, 0.05) is 13.1 Å². The maximum Gasteiger partial charge on any atom is 0.0666 e. The van der Waals surface area contributed by atoms with E-state index >= 15 is 0 Å². The molecule has 2 nitrogen and oxygen atoms in total. The van der Waals surface area contributed by atoms with Gasteiger partial charge in [0.2, 0.25) is 0 Å². The Hall–Kier alpha value is -0.550. The van der Waals surface area contributed by atoms with Gasteiger partial charge in [-0.3, -0.25) is 0 Å². The summed E-state index contributed by atoms with van der Waals surface area (Å²) in [6.45, 7) is 7.60. The third kappa shape index (κ3) is 2.51. The van der Waals surface area contributed by atoms with Crippen molar-refractivity contribution in [3.63, 3.8) is 0 Å². The molecule has 11 heavy (non-hydrogen) atoms. The molecule has 2 unspecified atom stereocenters. The molecule has 0 amide bonds. The van der Waals surface area contributed by atoms with Gasteiger partial charge in [0.05, 0.1) is 12.0 Å². The molecule has 0 saturated carbocycles. The molecule has 0 aromatic heterocycles. The van der Waals surface area contributed by atoms with Crippen LogP contribution >= 0.6 is 0 Å². The third-order valence-electron chi connectivity index (χ3n) is 2.26. The van der Waals surface area contributed by atoms with Gasteiger partial charge in [-0.15, -0.1) is 0 Å². The van der Waals surface area contributed by atoms with Crippen LogP contribution in [0.15, 0.2) is 0 Å². The van der Waals surface area contributed by atoms with Crippen LogP contribution in [0.2, 0.25) is 0 Å². The highest BCUT2D eigenvalue weighted by Crippen LogP contribution is 2.15. The first-order valence-corrected chi connectivity index (χ1v) is 4.34.